The molecule has 1 N–H and O–H groups in total. The largest absolute Gasteiger partial charge is 0.388 e. The van der Waals surface area contributed by atoms with Crippen molar-refractivity contribution in [3.8, 4) is 0 Å². The second-order valence-electron chi connectivity index (χ2n) is 5.29. The van der Waals surface area contributed by atoms with E-state index >= 15 is 0 Å². The number of aliphatic hydroxyl groups is 1. The van der Waals surface area contributed by atoms with E-state index in [0.717, 1.165) is 31.6 Å². The van der Waals surface area contributed by atoms with E-state index in [1.807, 2.05) is 19.1 Å². The third-order valence-electron chi connectivity index (χ3n) is 3.99. The minimum Gasteiger partial charge on any atom is -0.388 e. The lowest BCUT2D eigenvalue weighted by molar-refractivity contribution is 0.173. The van der Waals surface area contributed by atoms with Crippen molar-refractivity contribution < 1.29 is 5.11 Å². The molecule has 0 saturated carbocycles. The molecule has 0 radical (unpaired) electrons. The summed E-state index contributed by atoms with van der Waals surface area (Å²) < 4.78 is 0. The maximum atomic E-state index is 9.79. The van der Waals surface area contributed by atoms with Crippen LogP contribution >= 0.6 is 0 Å². The zero-order valence-electron chi connectivity index (χ0n) is 11.6. The Morgan fingerprint density at radius 2 is 1.94 bits per heavy atom. The molecule has 100 valence electrons. The fourth-order valence-electron chi connectivity index (χ4n) is 2.43. The van der Waals surface area contributed by atoms with Crippen molar-refractivity contribution in [1.29, 1.82) is 0 Å². The first kappa shape index (κ1) is 13.4. The molecule has 0 aliphatic carbocycles. The van der Waals surface area contributed by atoms with E-state index < -0.39 is 0 Å². The molecule has 3 nitrogen and oxygen atoms in total. The summed E-state index contributed by atoms with van der Waals surface area (Å²) in [7, 11) is 2.18. The van der Waals surface area contributed by atoms with Crippen molar-refractivity contribution in [1.82, 2.24) is 4.90 Å². The standard InChI is InChI=1S/C15H24N2O/c1-4-15(18)13-5-7-14(8-6-13)17-10-9-16(3)12(2)11-17/h5-8,12,15,18H,4,9-11H2,1-3H3. The highest BCUT2D eigenvalue weighted by Gasteiger charge is 2.20. The van der Waals surface area contributed by atoms with Gasteiger partial charge in [-0.15, -0.1) is 0 Å². The van der Waals surface area contributed by atoms with Gasteiger partial charge in [-0.3, -0.25) is 0 Å². The highest BCUT2D eigenvalue weighted by atomic mass is 16.3. The Labute approximate surface area is 110 Å². The van der Waals surface area contributed by atoms with Crippen LogP contribution in [0, 0.1) is 0 Å². The molecule has 1 saturated heterocycles. The van der Waals surface area contributed by atoms with Gasteiger partial charge in [0.25, 0.3) is 0 Å². The molecule has 0 amide bonds. The molecule has 0 spiro atoms. The number of aliphatic hydroxyl groups excluding tert-OH is 1. The van der Waals surface area contributed by atoms with E-state index in [0.29, 0.717) is 6.04 Å². The summed E-state index contributed by atoms with van der Waals surface area (Å²) in [5, 5.41) is 9.79. The molecule has 0 bridgehead atoms. The maximum absolute atomic E-state index is 9.79. The Balaban J connectivity index is 2.06. The van der Waals surface area contributed by atoms with Crippen molar-refractivity contribution in [2.75, 3.05) is 31.6 Å². The number of nitrogens with zero attached hydrogens (tertiary/aromatic N) is 2. The van der Waals surface area contributed by atoms with Crippen molar-refractivity contribution in [3.05, 3.63) is 29.8 Å². The summed E-state index contributed by atoms with van der Waals surface area (Å²) in [6, 6.07) is 8.96. The maximum Gasteiger partial charge on any atom is 0.0787 e. The summed E-state index contributed by atoms with van der Waals surface area (Å²) in [6.07, 6.45) is 0.440. The average molecular weight is 248 g/mol. The van der Waals surface area contributed by atoms with Crippen molar-refractivity contribution in [2.45, 2.75) is 32.4 Å². The Morgan fingerprint density at radius 3 is 2.50 bits per heavy atom. The number of rotatable bonds is 3. The first-order chi connectivity index (χ1) is 8.61. The SMILES string of the molecule is CCC(O)c1ccc(N2CCN(C)C(C)C2)cc1. The molecule has 1 aliphatic heterocycles. The van der Waals surface area contributed by atoms with Gasteiger partial charge in [0, 0.05) is 31.4 Å². The number of likely N-dealkylation sites (N-methyl/N-ethyl adjacent to an activating group) is 1. The van der Waals surface area contributed by atoms with E-state index in [1.54, 1.807) is 0 Å². The predicted octanol–water partition coefficient (Wildman–Crippen LogP) is 2.27. The second kappa shape index (κ2) is 5.72. The zero-order valence-corrected chi connectivity index (χ0v) is 11.6. The van der Waals surface area contributed by atoms with E-state index in [-0.39, 0.29) is 6.10 Å². The first-order valence-electron chi connectivity index (χ1n) is 6.85. The van der Waals surface area contributed by atoms with Gasteiger partial charge in [0.2, 0.25) is 0 Å². The van der Waals surface area contributed by atoms with Crippen LogP contribution < -0.4 is 4.90 Å². The minimum atomic E-state index is -0.328. The number of benzene rings is 1. The summed E-state index contributed by atoms with van der Waals surface area (Å²) in [4.78, 5) is 4.82. The predicted molar refractivity (Wildman–Crippen MR) is 76.0 cm³/mol. The number of hydrogen-bond donors (Lipinski definition) is 1. The molecular formula is C15H24N2O. The van der Waals surface area contributed by atoms with Gasteiger partial charge in [0.1, 0.15) is 0 Å². The fourth-order valence-corrected chi connectivity index (χ4v) is 2.43. The smallest absolute Gasteiger partial charge is 0.0787 e. The number of piperazine rings is 1. The monoisotopic (exact) mass is 248 g/mol. The molecule has 1 heterocycles. The van der Waals surface area contributed by atoms with Gasteiger partial charge in [-0.05, 0) is 38.1 Å². The molecule has 1 aliphatic rings. The molecule has 2 unspecified atom stereocenters. The van der Waals surface area contributed by atoms with Crippen molar-refractivity contribution >= 4 is 5.69 Å². The van der Waals surface area contributed by atoms with E-state index in [2.05, 4.69) is 35.9 Å². The zero-order chi connectivity index (χ0) is 13.1. The average Bonchev–Trinajstić information content (AvgIpc) is 2.41. The molecular weight excluding hydrogens is 224 g/mol. The Morgan fingerprint density at radius 1 is 1.28 bits per heavy atom. The van der Waals surface area contributed by atoms with E-state index in [1.165, 1.54) is 5.69 Å². The Hall–Kier alpha value is -1.06. The summed E-state index contributed by atoms with van der Waals surface area (Å²) in [5.41, 5.74) is 2.28. The topological polar surface area (TPSA) is 26.7 Å². The minimum absolute atomic E-state index is 0.328. The lowest BCUT2D eigenvalue weighted by Gasteiger charge is -2.39. The van der Waals surface area contributed by atoms with Gasteiger partial charge in [-0.1, -0.05) is 19.1 Å². The highest BCUT2D eigenvalue weighted by Crippen LogP contribution is 2.22. The van der Waals surface area contributed by atoms with Crippen LogP contribution in [0.1, 0.15) is 31.9 Å². The van der Waals surface area contributed by atoms with Crippen LogP contribution in [-0.2, 0) is 0 Å². The molecule has 0 aromatic heterocycles. The van der Waals surface area contributed by atoms with E-state index in [4.69, 9.17) is 0 Å². The molecule has 2 atom stereocenters. The van der Waals surface area contributed by atoms with Crippen molar-refractivity contribution in [3.63, 3.8) is 0 Å². The number of anilines is 1. The fraction of sp³-hybridized carbons (Fsp3) is 0.600. The van der Waals surface area contributed by atoms with Gasteiger partial charge >= 0.3 is 0 Å². The van der Waals surface area contributed by atoms with Crippen LogP contribution in [0.15, 0.2) is 24.3 Å². The molecule has 1 fully saturated rings. The quantitative estimate of drug-likeness (QED) is 0.889. The molecule has 1 aromatic carbocycles. The number of hydrogen-bond acceptors (Lipinski definition) is 3. The van der Waals surface area contributed by atoms with Gasteiger partial charge in [0.05, 0.1) is 6.10 Å². The molecule has 2 rings (SSSR count). The van der Waals surface area contributed by atoms with Gasteiger partial charge in [0.15, 0.2) is 0 Å². The first-order valence-corrected chi connectivity index (χ1v) is 6.85. The molecule has 1 aromatic rings. The highest BCUT2D eigenvalue weighted by molar-refractivity contribution is 5.48. The van der Waals surface area contributed by atoms with Crippen LogP contribution in [0.5, 0.6) is 0 Å². The van der Waals surface area contributed by atoms with Crippen molar-refractivity contribution in [2.24, 2.45) is 0 Å². The Bertz CT molecular complexity index is 377. The van der Waals surface area contributed by atoms with Crippen LogP contribution in [-0.4, -0.2) is 42.7 Å². The summed E-state index contributed by atoms with van der Waals surface area (Å²) >= 11 is 0. The van der Waals surface area contributed by atoms with Gasteiger partial charge in [-0.25, -0.2) is 0 Å². The molecule has 3 heteroatoms. The lowest BCUT2D eigenvalue weighted by Crippen LogP contribution is -2.50. The van der Waals surface area contributed by atoms with Crippen LogP contribution in [0.4, 0.5) is 5.69 Å². The van der Waals surface area contributed by atoms with Crippen LogP contribution in [0.2, 0.25) is 0 Å². The normalized spacial score (nSPS) is 23.1. The third-order valence-corrected chi connectivity index (χ3v) is 3.99. The van der Waals surface area contributed by atoms with Gasteiger partial charge < -0.3 is 14.9 Å². The van der Waals surface area contributed by atoms with Gasteiger partial charge in [-0.2, -0.15) is 0 Å². The van der Waals surface area contributed by atoms with Crippen LogP contribution in [0.3, 0.4) is 0 Å². The van der Waals surface area contributed by atoms with E-state index in [9.17, 15) is 5.11 Å². The Kier molecular flexibility index (Phi) is 4.25. The van der Waals surface area contributed by atoms with Crippen LogP contribution in [0.25, 0.3) is 0 Å². The summed E-state index contributed by atoms with van der Waals surface area (Å²) in [5.74, 6) is 0. The summed E-state index contributed by atoms with van der Waals surface area (Å²) in [6.45, 7) is 7.53. The third kappa shape index (κ3) is 2.85. The second-order valence-corrected chi connectivity index (χ2v) is 5.29. The molecule has 18 heavy (non-hydrogen) atoms. The lowest BCUT2D eigenvalue weighted by atomic mass is 10.1.